The molecule has 2 nitrogen and oxygen atoms in total. The van der Waals surface area contributed by atoms with Gasteiger partial charge < -0.3 is 9.84 Å². The minimum Gasteiger partial charge on any atom is -0.396 e. The second-order valence-electron chi connectivity index (χ2n) is 5.05. The standard InChI is InChI=1S/C12H20O2/c1-8-4-9(2)12(6-13)5-11(8)10(3)14-7-12/h4,9-11,13H,5-7H2,1-3H3/t9?,10?,11-,12+/m1/s1. The maximum atomic E-state index is 9.53. The van der Waals surface area contributed by atoms with Gasteiger partial charge in [0.15, 0.2) is 0 Å². The van der Waals surface area contributed by atoms with Crippen LogP contribution >= 0.6 is 0 Å². The minimum atomic E-state index is -0.00329. The topological polar surface area (TPSA) is 29.5 Å². The Labute approximate surface area is 86.0 Å². The smallest absolute Gasteiger partial charge is 0.0612 e. The molecule has 14 heavy (non-hydrogen) atoms. The van der Waals surface area contributed by atoms with Gasteiger partial charge >= 0.3 is 0 Å². The summed E-state index contributed by atoms with van der Waals surface area (Å²) in [5, 5.41) is 9.53. The molecular weight excluding hydrogens is 176 g/mol. The fourth-order valence-electron chi connectivity index (χ4n) is 2.87. The van der Waals surface area contributed by atoms with Gasteiger partial charge in [-0.05, 0) is 26.2 Å². The predicted molar refractivity (Wildman–Crippen MR) is 56.0 cm³/mol. The third-order valence-electron chi connectivity index (χ3n) is 4.21. The monoisotopic (exact) mass is 196 g/mol. The summed E-state index contributed by atoms with van der Waals surface area (Å²) in [5.41, 5.74) is 1.44. The molecule has 80 valence electrons. The van der Waals surface area contributed by atoms with Crippen LogP contribution in [0.4, 0.5) is 0 Å². The molecule has 1 N–H and O–H groups in total. The van der Waals surface area contributed by atoms with Gasteiger partial charge in [0.1, 0.15) is 0 Å². The van der Waals surface area contributed by atoms with E-state index in [9.17, 15) is 5.11 Å². The molecule has 0 spiro atoms. The highest BCUT2D eigenvalue weighted by molar-refractivity contribution is 5.17. The van der Waals surface area contributed by atoms with Crippen molar-refractivity contribution in [3.05, 3.63) is 11.6 Å². The van der Waals surface area contributed by atoms with Crippen LogP contribution in [0, 0.1) is 17.3 Å². The third kappa shape index (κ3) is 1.32. The average molecular weight is 196 g/mol. The van der Waals surface area contributed by atoms with Crippen LogP contribution in [0.15, 0.2) is 11.6 Å². The van der Waals surface area contributed by atoms with Gasteiger partial charge in [-0.15, -0.1) is 0 Å². The SMILES string of the molecule is CC1=CC(C)[C@@]2(CO)COC(C)[C@@H]1C2. The second kappa shape index (κ2) is 3.35. The summed E-state index contributed by atoms with van der Waals surface area (Å²) in [6.45, 7) is 7.48. The van der Waals surface area contributed by atoms with Crippen molar-refractivity contribution in [2.24, 2.45) is 17.3 Å². The molecule has 0 aromatic rings. The fourth-order valence-corrected chi connectivity index (χ4v) is 2.87. The Bertz CT molecular complexity index is 259. The number of aliphatic hydroxyl groups excluding tert-OH is 1. The second-order valence-corrected chi connectivity index (χ2v) is 5.05. The quantitative estimate of drug-likeness (QED) is 0.650. The van der Waals surface area contributed by atoms with Crippen LogP contribution in [0.5, 0.6) is 0 Å². The molecule has 2 aliphatic rings. The molecule has 4 atom stereocenters. The number of hydrogen-bond donors (Lipinski definition) is 1. The Morgan fingerprint density at radius 3 is 2.93 bits per heavy atom. The molecule has 1 saturated heterocycles. The highest BCUT2D eigenvalue weighted by Crippen LogP contribution is 2.47. The van der Waals surface area contributed by atoms with Crippen molar-refractivity contribution in [1.29, 1.82) is 0 Å². The molecule has 2 unspecified atom stereocenters. The highest BCUT2D eigenvalue weighted by atomic mass is 16.5. The normalized spacial score (nSPS) is 47.4. The molecule has 2 rings (SSSR count). The molecule has 0 amide bonds. The van der Waals surface area contributed by atoms with E-state index in [-0.39, 0.29) is 12.0 Å². The molecule has 0 saturated carbocycles. The van der Waals surface area contributed by atoms with E-state index in [2.05, 4.69) is 26.8 Å². The molecule has 0 aromatic heterocycles. The van der Waals surface area contributed by atoms with Crippen LogP contribution in [-0.2, 0) is 4.74 Å². The van der Waals surface area contributed by atoms with Gasteiger partial charge in [-0.2, -0.15) is 0 Å². The summed E-state index contributed by atoms with van der Waals surface area (Å²) >= 11 is 0. The van der Waals surface area contributed by atoms with Crippen LogP contribution in [0.1, 0.15) is 27.2 Å². The van der Waals surface area contributed by atoms with Crippen LogP contribution in [0.2, 0.25) is 0 Å². The van der Waals surface area contributed by atoms with Gasteiger partial charge in [0.2, 0.25) is 0 Å². The van der Waals surface area contributed by atoms with Crippen molar-refractivity contribution < 1.29 is 9.84 Å². The first-order valence-corrected chi connectivity index (χ1v) is 5.50. The fraction of sp³-hybridized carbons (Fsp3) is 0.833. The number of allylic oxidation sites excluding steroid dienone is 1. The number of fused-ring (bicyclic) bond motifs is 2. The van der Waals surface area contributed by atoms with Gasteiger partial charge in [-0.1, -0.05) is 18.6 Å². The van der Waals surface area contributed by atoms with Crippen LogP contribution < -0.4 is 0 Å². The first-order valence-electron chi connectivity index (χ1n) is 5.50. The first-order chi connectivity index (χ1) is 6.59. The Kier molecular flexibility index (Phi) is 2.44. The molecule has 0 aromatic carbocycles. The van der Waals surface area contributed by atoms with Gasteiger partial charge in [-0.3, -0.25) is 0 Å². The van der Waals surface area contributed by atoms with E-state index < -0.39 is 0 Å². The maximum Gasteiger partial charge on any atom is 0.0612 e. The highest BCUT2D eigenvalue weighted by Gasteiger charge is 2.46. The van der Waals surface area contributed by atoms with Crippen molar-refractivity contribution in [1.82, 2.24) is 0 Å². The number of ether oxygens (including phenoxy) is 1. The lowest BCUT2D eigenvalue weighted by Gasteiger charge is -2.49. The predicted octanol–water partition coefficient (Wildman–Crippen LogP) is 1.99. The third-order valence-corrected chi connectivity index (χ3v) is 4.21. The molecule has 1 heterocycles. The molecule has 1 aliphatic heterocycles. The molecule has 2 heteroatoms. The summed E-state index contributed by atoms with van der Waals surface area (Å²) in [7, 11) is 0. The van der Waals surface area contributed by atoms with Crippen molar-refractivity contribution in [3.8, 4) is 0 Å². The summed E-state index contributed by atoms with van der Waals surface area (Å²) in [6, 6.07) is 0. The van der Waals surface area contributed by atoms with Crippen molar-refractivity contribution >= 4 is 0 Å². The van der Waals surface area contributed by atoms with Crippen molar-refractivity contribution in [2.45, 2.75) is 33.3 Å². The molecule has 1 aliphatic carbocycles. The van der Waals surface area contributed by atoms with Crippen LogP contribution in [0.3, 0.4) is 0 Å². The van der Waals surface area contributed by atoms with E-state index in [1.54, 1.807) is 0 Å². The minimum absolute atomic E-state index is 0.00329. The first kappa shape index (κ1) is 10.2. The summed E-state index contributed by atoms with van der Waals surface area (Å²) in [5.74, 6) is 0.961. The Hall–Kier alpha value is -0.340. The summed E-state index contributed by atoms with van der Waals surface area (Å²) < 4.78 is 5.78. The summed E-state index contributed by atoms with van der Waals surface area (Å²) in [6.07, 6.45) is 3.73. The number of hydrogen-bond acceptors (Lipinski definition) is 2. The Morgan fingerprint density at radius 1 is 1.57 bits per heavy atom. The van der Waals surface area contributed by atoms with Gasteiger partial charge in [0.25, 0.3) is 0 Å². The van der Waals surface area contributed by atoms with E-state index in [0.717, 1.165) is 6.42 Å². The summed E-state index contributed by atoms with van der Waals surface area (Å²) in [4.78, 5) is 0. The van der Waals surface area contributed by atoms with E-state index in [4.69, 9.17) is 4.74 Å². The lowest BCUT2D eigenvalue weighted by atomic mass is 9.63. The van der Waals surface area contributed by atoms with E-state index in [1.165, 1.54) is 5.57 Å². The molecule has 1 fully saturated rings. The lowest BCUT2D eigenvalue weighted by Crippen LogP contribution is -2.49. The van der Waals surface area contributed by atoms with Crippen molar-refractivity contribution in [2.75, 3.05) is 13.2 Å². The largest absolute Gasteiger partial charge is 0.396 e. The van der Waals surface area contributed by atoms with Gasteiger partial charge in [-0.25, -0.2) is 0 Å². The van der Waals surface area contributed by atoms with Crippen molar-refractivity contribution in [3.63, 3.8) is 0 Å². The molecule has 2 bridgehead atoms. The number of aliphatic hydroxyl groups is 1. The van der Waals surface area contributed by atoms with E-state index in [1.807, 2.05) is 0 Å². The van der Waals surface area contributed by atoms with Gasteiger partial charge in [0.05, 0.1) is 19.3 Å². The van der Waals surface area contributed by atoms with Crippen LogP contribution in [-0.4, -0.2) is 24.4 Å². The van der Waals surface area contributed by atoms with Gasteiger partial charge in [0, 0.05) is 11.3 Å². The Balaban J connectivity index is 2.33. The zero-order valence-corrected chi connectivity index (χ0v) is 9.29. The van der Waals surface area contributed by atoms with Crippen LogP contribution in [0.25, 0.3) is 0 Å². The lowest BCUT2D eigenvalue weighted by molar-refractivity contribution is -0.121. The maximum absolute atomic E-state index is 9.53. The Morgan fingerprint density at radius 2 is 2.29 bits per heavy atom. The zero-order valence-electron chi connectivity index (χ0n) is 9.29. The van der Waals surface area contributed by atoms with E-state index >= 15 is 0 Å². The molecular formula is C12H20O2. The number of rotatable bonds is 1. The average Bonchev–Trinajstić information content (AvgIpc) is 2.17. The van der Waals surface area contributed by atoms with E-state index in [0.29, 0.717) is 24.5 Å². The zero-order chi connectivity index (χ0) is 10.3. The molecule has 0 radical (unpaired) electrons.